The number of aliphatic imine (C=N–C) groups is 1. The van der Waals surface area contributed by atoms with Crippen molar-refractivity contribution in [3.63, 3.8) is 0 Å². The lowest BCUT2D eigenvalue weighted by atomic mass is 10.2. The van der Waals surface area contributed by atoms with E-state index in [1.165, 1.54) is 0 Å². The van der Waals surface area contributed by atoms with Gasteiger partial charge in [0.1, 0.15) is 16.5 Å². The molecule has 0 amide bonds. The van der Waals surface area contributed by atoms with Crippen LogP contribution in [-0.2, 0) is 4.79 Å². The maximum atomic E-state index is 11.8. The first kappa shape index (κ1) is 11.0. The highest BCUT2D eigenvalue weighted by atomic mass is 32.2. The molecular formula is C14H9NO2S. The van der Waals surface area contributed by atoms with Crippen LogP contribution in [0.4, 0.5) is 0 Å². The number of nitrogens with zero attached hydrogens (tertiary/aromatic N) is 1. The third-order valence-corrected chi connectivity index (χ3v) is 3.38. The summed E-state index contributed by atoms with van der Waals surface area (Å²) in [5.41, 5.74) is 1.38. The number of benzene rings is 1. The molecule has 18 heavy (non-hydrogen) atoms. The first-order chi connectivity index (χ1) is 8.83. The fourth-order valence-electron chi connectivity index (χ4n) is 1.62. The van der Waals surface area contributed by atoms with Crippen molar-refractivity contribution in [2.75, 3.05) is 0 Å². The van der Waals surface area contributed by atoms with Crippen molar-refractivity contribution in [2.45, 2.75) is 0 Å². The molecule has 1 aromatic heterocycles. The summed E-state index contributed by atoms with van der Waals surface area (Å²) < 4.78 is 5.18. The number of carbonyl (C=O) groups is 1. The zero-order valence-electron chi connectivity index (χ0n) is 9.37. The van der Waals surface area contributed by atoms with Gasteiger partial charge in [0.25, 0.3) is 0 Å². The van der Waals surface area contributed by atoms with E-state index in [0.29, 0.717) is 11.5 Å². The van der Waals surface area contributed by atoms with E-state index in [4.69, 9.17) is 4.42 Å². The maximum Gasteiger partial charge on any atom is 0.244 e. The van der Waals surface area contributed by atoms with Crippen LogP contribution in [0.5, 0.6) is 0 Å². The first-order valence-corrected chi connectivity index (χ1v) is 6.26. The van der Waals surface area contributed by atoms with Crippen molar-refractivity contribution < 1.29 is 9.21 Å². The Hall–Kier alpha value is -2.07. The van der Waals surface area contributed by atoms with Crippen LogP contribution in [0.25, 0.3) is 6.08 Å². The van der Waals surface area contributed by atoms with E-state index in [1.807, 2.05) is 30.3 Å². The molecule has 0 unspecified atom stereocenters. The summed E-state index contributed by atoms with van der Waals surface area (Å²) in [7, 11) is 0. The zero-order chi connectivity index (χ0) is 12.4. The molecule has 3 rings (SSSR count). The minimum absolute atomic E-state index is 0.0507. The summed E-state index contributed by atoms with van der Waals surface area (Å²) in [4.78, 5) is 16.2. The van der Waals surface area contributed by atoms with E-state index in [2.05, 4.69) is 4.99 Å². The Labute approximate surface area is 108 Å². The summed E-state index contributed by atoms with van der Waals surface area (Å²) in [5.74, 6) is 0.636. The van der Waals surface area contributed by atoms with Crippen LogP contribution in [0.15, 0.2) is 63.8 Å². The molecule has 0 bridgehead atoms. The summed E-state index contributed by atoms with van der Waals surface area (Å²) in [5, 5.41) is 0.684. The minimum Gasteiger partial charge on any atom is -0.465 e. The van der Waals surface area contributed by atoms with Crippen molar-refractivity contribution >= 4 is 28.0 Å². The van der Waals surface area contributed by atoms with E-state index in [0.717, 1.165) is 22.4 Å². The van der Waals surface area contributed by atoms with Crippen LogP contribution in [0, 0.1) is 0 Å². The van der Waals surface area contributed by atoms with Gasteiger partial charge in [0.05, 0.1) is 6.26 Å². The van der Waals surface area contributed by atoms with E-state index < -0.39 is 0 Å². The van der Waals surface area contributed by atoms with Gasteiger partial charge in [0.2, 0.25) is 5.12 Å². The number of hydrogen-bond acceptors (Lipinski definition) is 4. The predicted molar refractivity (Wildman–Crippen MR) is 72.3 cm³/mol. The van der Waals surface area contributed by atoms with Crippen molar-refractivity contribution in [1.29, 1.82) is 0 Å². The Morgan fingerprint density at radius 2 is 1.94 bits per heavy atom. The summed E-state index contributed by atoms with van der Waals surface area (Å²) in [6.07, 6.45) is 3.23. The van der Waals surface area contributed by atoms with Crippen LogP contribution in [-0.4, -0.2) is 10.2 Å². The molecular weight excluding hydrogens is 246 g/mol. The van der Waals surface area contributed by atoms with Gasteiger partial charge in [-0.15, -0.1) is 0 Å². The second-order valence-corrected chi connectivity index (χ2v) is 4.68. The number of hydrogen-bond donors (Lipinski definition) is 0. The lowest BCUT2D eigenvalue weighted by molar-refractivity contribution is -0.107. The molecule has 1 aliphatic rings. The van der Waals surface area contributed by atoms with Gasteiger partial charge < -0.3 is 4.42 Å². The molecule has 0 atom stereocenters. The fourth-order valence-corrected chi connectivity index (χ4v) is 2.40. The van der Waals surface area contributed by atoms with Crippen molar-refractivity contribution in [3.05, 3.63) is 65.7 Å². The van der Waals surface area contributed by atoms with Crippen LogP contribution in [0.3, 0.4) is 0 Å². The molecule has 88 valence electrons. The Balaban J connectivity index is 1.95. The second-order valence-electron chi connectivity index (χ2n) is 3.72. The third kappa shape index (κ3) is 2.15. The van der Waals surface area contributed by atoms with Crippen molar-refractivity contribution in [1.82, 2.24) is 0 Å². The summed E-state index contributed by atoms with van der Waals surface area (Å²) in [6.45, 7) is 0. The van der Waals surface area contributed by atoms with Crippen molar-refractivity contribution in [2.24, 2.45) is 4.99 Å². The van der Waals surface area contributed by atoms with Gasteiger partial charge in [0, 0.05) is 11.6 Å². The monoisotopic (exact) mass is 255 g/mol. The molecule has 0 saturated heterocycles. The Morgan fingerprint density at radius 1 is 1.11 bits per heavy atom. The average molecular weight is 255 g/mol. The molecule has 0 spiro atoms. The lowest BCUT2D eigenvalue weighted by Crippen LogP contribution is -1.91. The molecule has 0 N–H and O–H groups in total. The SMILES string of the molecule is O=C1SC(c2ccccc2)=N/C1=C/c1ccco1. The molecule has 2 heterocycles. The Bertz CT molecular complexity index is 627. The molecule has 0 fully saturated rings. The van der Waals surface area contributed by atoms with Crippen LogP contribution >= 0.6 is 11.8 Å². The van der Waals surface area contributed by atoms with E-state index in [-0.39, 0.29) is 5.12 Å². The summed E-state index contributed by atoms with van der Waals surface area (Å²) in [6, 6.07) is 13.2. The lowest BCUT2D eigenvalue weighted by Gasteiger charge is -1.95. The van der Waals surface area contributed by atoms with Gasteiger partial charge >= 0.3 is 0 Å². The molecule has 1 aromatic carbocycles. The maximum absolute atomic E-state index is 11.8. The highest BCUT2D eigenvalue weighted by Gasteiger charge is 2.23. The topological polar surface area (TPSA) is 42.6 Å². The predicted octanol–water partition coefficient (Wildman–Crippen LogP) is 3.34. The largest absolute Gasteiger partial charge is 0.465 e. The third-order valence-electron chi connectivity index (χ3n) is 2.46. The first-order valence-electron chi connectivity index (χ1n) is 5.44. The number of furan rings is 1. The molecule has 4 heteroatoms. The van der Waals surface area contributed by atoms with Crippen LogP contribution < -0.4 is 0 Å². The zero-order valence-corrected chi connectivity index (χ0v) is 10.2. The average Bonchev–Trinajstić information content (AvgIpc) is 3.02. The van der Waals surface area contributed by atoms with Gasteiger partial charge in [-0.25, -0.2) is 4.99 Å². The fraction of sp³-hybridized carbons (Fsp3) is 0. The van der Waals surface area contributed by atoms with Gasteiger partial charge in [-0.1, -0.05) is 30.3 Å². The molecule has 2 aromatic rings. The summed E-state index contributed by atoms with van der Waals surface area (Å²) >= 11 is 1.15. The van der Waals surface area contributed by atoms with Crippen molar-refractivity contribution in [3.8, 4) is 0 Å². The standard InChI is InChI=1S/C14H9NO2S/c16-14-12(9-11-7-4-8-17-11)15-13(18-14)10-5-2-1-3-6-10/h1-9H/b12-9+. The van der Waals surface area contributed by atoms with Gasteiger partial charge in [0.15, 0.2) is 0 Å². The number of carbonyl (C=O) groups excluding carboxylic acids is 1. The second kappa shape index (κ2) is 4.66. The normalized spacial score (nSPS) is 17.2. The molecule has 0 aliphatic carbocycles. The van der Waals surface area contributed by atoms with Gasteiger partial charge in [-0.3, -0.25) is 4.79 Å². The van der Waals surface area contributed by atoms with Crippen LogP contribution in [0.1, 0.15) is 11.3 Å². The Morgan fingerprint density at radius 3 is 2.67 bits per heavy atom. The van der Waals surface area contributed by atoms with Gasteiger partial charge in [-0.2, -0.15) is 0 Å². The highest BCUT2D eigenvalue weighted by Crippen LogP contribution is 2.28. The number of thioether (sulfide) groups is 1. The van der Waals surface area contributed by atoms with E-state index >= 15 is 0 Å². The molecule has 0 saturated carbocycles. The minimum atomic E-state index is -0.0507. The smallest absolute Gasteiger partial charge is 0.244 e. The molecule has 3 nitrogen and oxygen atoms in total. The molecule has 1 aliphatic heterocycles. The molecule has 0 radical (unpaired) electrons. The van der Waals surface area contributed by atoms with Gasteiger partial charge in [-0.05, 0) is 23.9 Å². The van der Waals surface area contributed by atoms with E-state index in [9.17, 15) is 4.79 Å². The highest BCUT2D eigenvalue weighted by molar-refractivity contribution is 8.27. The van der Waals surface area contributed by atoms with E-state index in [1.54, 1.807) is 24.5 Å². The number of rotatable bonds is 2. The van der Waals surface area contributed by atoms with Crippen LogP contribution in [0.2, 0.25) is 0 Å². The quantitative estimate of drug-likeness (QED) is 0.773. The Kier molecular flexibility index (Phi) is 2.86.